The minimum absolute atomic E-state index is 0.0426. The van der Waals surface area contributed by atoms with Gasteiger partial charge in [0, 0.05) is 5.92 Å². The minimum atomic E-state index is -0.408. The highest BCUT2D eigenvalue weighted by atomic mass is 35.5. The molecule has 0 amide bonds. The van der Waals surface area contributed by atoms with Gasteiger partial charge in [-0.25, -0.2) is 0 Å². The van der Waals surface area contributed by atoms with E-state index in [1.165, 1.54) is 57.8 Å². The smallest absolute Gasteiger partial charge is 0.111 e. The predicted molar refractivity (Wildman–Crippen MR) is 137 cm³/mol. The van der Waals surface area contributed by atoms with Crippen molar-refractivity contribution in [3.05, 3.63) is 0 Å². The lowest BCUT2D eigenvalue weighted by molar-refractivity contribution is -0.127. The van der Waals surface area contributed by atoms with Crippen LogP contribution in [0.25, 0.3) is 0 Å². The monoisotopic (exact) mass is 479 g/mol. The topological polar surface area (TPSA) is 23.8 Å². The maximum Gasteiger partial charge on any atom is 0.111 e. The van der Waals surface area contributed by atoms with Gasteiger partial charge in [-0.2, -0.15) is 5.26 Å². The van der Waals surface area contributed by atoms with Gasteiger partial charge in [0.05, 0.1) is 12.0 Å². The lowest BCUT2D eigenvalue weighted by Crippen LogP contribution is -2.55. The van der Waals surface area contributed by atoms with Crippen molar-refractivity contribution in [1.82, 2.24) is 0 Å². The lowest BCUT2D eigenvalue weighted by Gasteiger charge is -2.62. The molecule has 3 heteroatoms. The van der Waals surface area contributed by atoms with E-state index in [0.717, 1.165) is 48.3 Å². The summed E-state index contributed by atoms with van der Waals surface area (Å²) in [7, 11) is 0. The molecule has 0 aromatic heterocycles. The van der Waals surface area contributed by atoms with Crippen LogP contribution in [0.2, 0.25) is 0 Å². The number of fused-ring (bicyclic) bond motifs is 5. The highest BCUT2D eigenvalue weighted by Crippen LogP contribution is 2.69. The van der Waals surface area contributed by atoms with Crippen LogP contribution in [-0.4, -0.2) is 4.84 Å². The van der Waals surface area contributed by atoms with Crippen molar-refractivity contribution in [3.8, 4) is 6.07 Å². The fraction of sp³-hybridized carbons (Fsp3) is 0.966. The van der Waals surface area contributed by atoms with Crippen LogP contribution in [0.4, 0.5) is 0 Å². The molecule has 0 heterocycles. The molecule has 0 radical (unpaired) electrons. The van der Waals surface area contributed by atoms with E-state index < -0.39 is 4.84 Å². The molecule has 0 bridgehead atoms. The first-order valence-electron chi connectivity index (χ1n) is 13.8. The molecule has 4 fully saturated rings. The summed E-state index contributed by atoms with van der Waals surface area (Å²) in [4.78, 5) is -0.408. The molecule has 0 aromatic rings. The molecule has 0 N–H and O–H groups in total. The molecule has 1 unspecified atom stereocenters. The summed E-state index contributed by atoms with van der Waals surface area (Å²) in [6.45, 7) is 12.5. The van der Waals surface area contributed by atoms with Crippen molar-refractivity contribution in [2.24, 2.45) is 64.1 Å². The molecule has 32 heavy (non-hydrogen) atoms. The van der Waals surface area contributed by atoms with Crippen LogP contribution in [0.5, 0.6) is 0 Å². The molecule has 0 saturated heterocycles. The van der Waals surface area contributed by atoms with Gasteiger partial charge in [0.1, 0.15) is 4.84 Å². The quantitative estimate of drug-likeness (QED) is 0.348. The van der Waals surface area contributed by atoms with E-state index in [4.69, 9.17) is 23.2 Å². The molecule has 4 aliphatic carbocycles. The minimum Gasteiger partial charge on any atom is -0.198 e. The van der Waals surface area contributed by atoms with Crippen molar-refractivity contribution >= 4 is 23.2 Å². The first-order chi connectivity index (χ1) is 15.1. The lowest BCUT2D eigenvalue weighted by atomic mass is 9.43. The molecule has 0 aliphatic heterocycles. The van der Waals surface area contributed by atoms with Gasteiger partial charge in [-0.05, 0) is 104 Å². The summed E-state index contributed by atoms with van der Waals surface area (Å²) >= 11 is 12.9. The normalized spacial score (nSPS) is 46.9. The molecule has 4 rings (SSSR count). The van der Waals surface area contributed by atoms with E-state index in [2.05, 4.69) is 40.7 Å². The summed E-state index contributed by atoms with van der Waals surface area (Å²) < 4.78 is 0. The molecule has 182 valence electrons. The number of alkyl halides is 2. The Labute approximate surface area is 208 Å². The number of nitrogens with zero attached hydrogens (tertiary/aromatic N) is 1. The van der Waals surface area contributed by atoms with Gasteiger partial charge >= 0.3 is 0 Å². The van der Waals surface area contributed by atoms with E-state index >= 15 is 0 Å². The van der Waals surface area contributed by atoms with E-state index in [9.17, 15) is 5.26 Å². The molecular formula is C29H47Cl2N. The highest BCUT2D eigenvalue weighted by molar-refractivity contribution is 6.44. The first-order valence-corrected chi connectivity index (χ1v) is 14.7. The van der Waals surface area contributed by atoms with Crippen molar-refractivity contribution in [2.75, 3.05) is 0 Å². The second-order valence-electron chi connectivity index (χ2n) is 13.4. The van der Waals surface area contributed by atoms with E-state index in [1.807, 2.05) is 0 Å². The van der Waals surface area contributed by atoms with Gasteiger partial charge in [-0.3, -0.25) is 0 Å². The van der Waals surface area contributed by atoms with Crippen LogP contribution < -0.4 is 0 Å². The molecule has 4 saturated carbocycles. The zero-order valence-corrected chi connectivity index (χ0v) is 22.8. The molecule has 0 spiro atoms. The summed E-state index contributed by atoms with van der Waals surface area (Å²) in [6, 6.07) is 2.57. The second-order valence-corrected chi connectivity index (χ2v) is 14.5. The Morgan fingerprint density at radius 1 is 0.938 bits per heavy atom. The van der Waals surface area contributed by atoms with Crippen LogP contribution in [-0.2, 0) is 0 Å². The fourth-order valence-electron chi connectivity index (χ4n) is 9.81. The van der Waals surface area contributed by atoms with Crippen molar-refractivity contribution in [2.45, 2.75) is 110 Å². The average Bonchev–Trinajstić information content (AvgIpc) is 3.09. The van der Waals surface area contributed by atoms with Crippen molar-refractivity contribution in [1.29, 1.82) is 5.26 Å². The number of nitriles is 1. The fourth-order valence-corrected chi connectivity index (χ4v) is 10.3. The third-order valence-electron chi connectivity index (χ3n) is 11.5. The first kappa shape index (κ1) is 25.2. The maximum atomic E-state index is 9.78. The van der Waals surface area contributed by atoms with Gasteiger partial charge in [-0.15, -0.1) is 23.2 Å². The summed E-state index contributed by atoms with van der Waals surface area (Å²) in [5, 5.41) is 9.78. The third-order valence-corrected chi connectivity index (χ3v) is 12.1. The Hall–Kier alpha value is 0.0700. The molecule has 1 nitrogen and oxygen atoms in total. The van der Waals surface area contributed by atoms with Crippen LogP contribution in [0.1, 0.15) is 105 Å². The van der Waals surface area contributed by atoms with Gasteiger partial charge in [0.15, 0.2) is 0 Å². The van der Waals surface area contributed by atoms with Gasteiger partial charge < -0.3 is 0 Å². The predicted octanol–water partition coefficient (Wildman–Crippen LogP) is 9.28. The summed E-state index contributed by atoms with van der Waals surface area (Å²) in [5.74, 6) is 6.10. The van der Waals surface area contributed by atoms with E-state index in [1.54, 1.807) is 0 Å². The number of rotatable bonds is 6. The molecular weight excluding hydrogens is 433 g/mol. The molecule has 0 aromatic carbocycles. The van der Waals surface area contributed by atoms with Crippen molar-refractivity contribution in [3.63, 3.8) is 0 Å². The maximum absolute atomic E-state index is 9.78. The van der Waals surface area contributed by atoms with Gasteiger partial charge in [0.25, 0.3) is 0 Å². The largest absolute Gasteiger partial charge is 0.198 e. The zero-order valence-electron chi connectivity index (χ0n) is 21.3. The van der Waals surface area contributed by atoms with Crippen LogP contribution in [0.3, 0.4) is 0 Å². The number of halogens is 2. The van der Waals surface area contributed by atoms with Gasteiger partial charge in [0.2, 0.25) is 0 Å². The average molecular weight is 481 g/mol. The number of hydrogen-bond donors (Lipinski definition) is 0. The molecule has 4 aliphatic rings. The van der Waals surface area contributed by atoms with Crippen molar-refractivity contribution < 1.29 is 0 Å². The summed E-state index contributed by atoms with van der Waals surface area (Å²) in [6.07, 6.45) is 14.7. The Kier molecular flexibility index (Phi) is 7.56. The summed E-state index contributed by atoms with van der Waals surface area (Å²) in [5.41, 5.74) is 0.873. The van der Waals surface area contributed by atoms with Gasteiger partial charge in [-0.1, -0.05) is 53.9 Å². The molecule has 10 atom stereocenters. The number of hydrogen-bond acceptors (Lipinski definition) is 1. The zero-order chi connectivity index (χ0) is 23.3. The Bertz CT molecular complexity index is 698. The highest BCUT2D eigenvalue weighted by Gasteiger charge is 2.61. The SMILES string of the molecule is CC(C)CCC[C@@H](C)[C@H]1CC[C@H]2[C@@H]3CCC4C[C@H](C#N)[C@H](C(Cl)Cl)C[C@]4(C)[C@H]3CC[C@]12C. The van der Waals surface area contributed by atoms with Crippen LogP contribution in [0.15, 0.2) is 0 Å². The Morgan fingerprint density at radius 3 is 2.31 bits per heavy atom. The Balaban J connectivity index is 1.50. The Morgan fingerprint density at radius 2 is 1.66 bits per heavy atom. The van der Waals surface area contributed by atoms with Crippen LogP contribution in [0, 0.1) is 75.4 Å². The third kappa shape index (κ3) is 4.28. The van der Waals surface area contributed by atoms with E-state index in [-0.39, 0.29) is 11.8 Å². The van der Waals surface area contributed by atoms with E-state index in [0.29, 0.717) is 16.7 Å². The van der Waals surface area contributed by atoms with Crippen LogP contribution >= 0.6 is 23.2 Å². The second kappa shape index (κ2) is 9.61. The standard InChI is InChI=1S/C29H47Cl2N/c1-18(2)7-6-8-19(3)24-11-12-25-22-10-9-21-15-20(17-32)23(27(30)31)16-29(21,5)26(22)13-14-28(24,25)4/h18-27H,6-16H2,1-5H3/t19-,20-,21?,22+,23-,24-,25+,26+,28-,29+/m1/s1.